The van der Waals surface area contributed by atoms with Crippen LogP contribution in [0.4, 0.5) is 11.4 Å². The van der Waals surface area contributed by atoms with Gasteiger partial charge in [-0.1, -0.05) is 142 Å². The third-order valence-corrected chi connectivity index (χ3v) is 12.4. The Labute approximate surface area is 321 Å². The van der Waals surface area contributed by atoms with Crippen LogP contribution in [-0.2, 0) is 5.41 Å². The van der Waals surface area contributed by atoms with E-state index in [1.165, 1.54) is 61.4 Å². The first-order valence-electron chi connectivity index (χ1n) is 19.4. The molecule has 0 bridgehead atoms. The number of hydrogen-bond donors (Lipinski definition) is 0. The molecule has 11 rings (SSSR count). The molecule has 3 heteroatoms. The van der Waals surface area contributed by atoms with Gasteiger partial charge in [-0.05, 0) is 88.0 Å². The van der Waals surface area contributed by atoms with Gasteiger partial charge < -0.3 is 13.9 Å². The normalized spacial score (nSPS) is 16.7. The maximum atomic E-state index is 6.71. The van der Waals surface area contributed by atoms with Gasteiger partial charge in [-0.2, -0.15) is 0 Å². The van der Waals surface area contributed by atoms with E-state index in [0.717, 1.165) is 33.1 Å². The van der Waals surface area contributed by atoms with Crippen LogP contribution in [0.15, 0.2) is 174 Å². The lowest BCUT2D eigenvalue weighted by Crippen LogP contribution is -2.36. The molecule has 2 atom stereocenters. The SMILES string of the molecule is CC1c2c(c3c4oc5ccccc5c4ccc3n2-c2ccccc2)C=CC1N(c1ccc(-c2ccccc2)cc1)c1ccc2c(c1)C(C)(C)c1ccccc1-2. The first-order chi connectivity index (χ1) is 27.0. The van der Waals surface area contributed by atoms with Crippen LogP contribution in [0.1, 0.15) is 49.1 Å². The van der Waals surface area contributed by atoms with Gasteiger partial charge in [-0.25, -0.2) is 0 Å². The summed E-state index contributed by atoms with van der Waals surface area (Å²) in [5.41, 5.74) is 16.8. The van der Waals surface area contributed by atoms with Crippen molar-refractivity contribution in [3.63, 3.8) is 0 Å². The number of rotatable bonds is 5. The van der Waals surface area contributed by atoms with Crippen LogP contribution in [0.5, 0.6) is 0 Å². The summed E-state index contributed by atoms with van der Waals surface area (Å²) in [4.78, 5) is 2.57. The Hall–Kier alpha value is -6.58. The van der Waals surface area contributed by atoms with Crippen molar-refractivity contribution in [1.29, 1.82) is 0 Å². The first-order valence-corrected chi connectivity index (χ1v) is 19.4. The van der Waals surface area contributed by atoms with Gasteiger partial charge in [-0.3, -0.25) is 0 Å². The van der Waals surface area contributed by atoms with Crippen molar-refractivity contribution >= 4 is 50.3 Å². The summed E-state index contributed by atoms with van der Waals surface area (Å²) in [6.07, 6.45) is 4.80. The standard InChI is InChI=1S/C52H40N2O/c1-33-46(30-29-43-49-47(54(50(33)43)36-16-8-5-9-17-36)31-28-42-41-19-11-13-21-48(41)55-51(42)49)53(37-24-22-35(23-25-37)34-14-6-4-7-15-34)38-26-27-40-39-18-10-12-20-44(39)52(2,3)45(40)32-38/h4-33,46H,1-3H3. The molecule has 0 amide bonds. The van der Waals surface area contributed by atoms with Crippen LogP contribution in [-0.4, -0.2) is 10.6 Å². The van der Waals surface area contributed by atoms with Crippen molar-refractivity contribution in [1.82, 2.24) is 4.57 Å². The van der Waals surface area contributed by atoms with Crippen LogP contribution < -0.4 is 4.90 Å². The fourth-order valence-electron chi connectivity index (χ4n) is 9.69. The summed E-state index contributed by atoms with van der Waals surface area (Å²) >= 11 is 0. The lowest BCUT2D eigenvalue weighted by atomic mass is 9.82. The van der Waals surface area contributed by atoms with E-state index in [1.807, 2.05) is 0 Å². The number of hydrogen-bond acceptors (Lipinski definition) is 2. The van der Waals surface area contributed by atoms with Crippen molar-refractivity contribution in [2.45, 2.75) is 38.1 Å². The predicted octanol–water partition coefficient (Wildman–Crippen LogP) is 13.8. The summed E-state index contributed by atoms with van der Waals surface area (Å²) in [5, 5.41) is 3.48. The fraction of sp³-hybridized carbons (Fsp3) is 0.115. The van der Waals surface area contributed by atoms with E-state index in [-0.39, 0.29) is 17.4 Å². The smallest absolute Gasteiger partial charge is 0.145 e. The highest BCUT2D eigenvalue weighted by atomic mass is 16.3. The summed E-state index contributed by atoms with van der Waals surface area (Å²) in [6, 6.07) is 59.6. The Balaban J connectivity index is 1.12. The third-order valence-electron chi connectivity index (χ3n) is 12.4. The minimum Gasteiger partial charge on any atom is -0.455 e. The molecule has 0 N–H and O–H groups in total. The predicted molar refractivity (Wildman–Crippen MR) is 230 cm³/mol. The molecule has 2 aromatic heterocycles. The zero-order chi connectivity index (χ0) is 36.8. The van der Waals surface area contributed by atoms with E-state index in [0.29, 0.717) is 0 Å². The molecule has 0 spiro atoms. The van der Waals surface area contributed by atoms with Crippen molar-refractivity contribution in [3.8, 4) is 27.9 Å². The monoisotopic (exact) mass is 708 g/mol. The molecule has 7 aromatic carbocycles. The molecule has 2 unspecified atom stereocenters. The molecular weight excluding hydrogens is 669 g/mol. The average Bonchev–Trinajstić information content (AvgIpc) is 3.86. The summed E-state index contributed by atoms with van der Waals surface area (Å²) < 4.78 is 9.19. The van der Waals surface area contributed by atoms with Gasteiger partial charge >= 0.3 is 0 Å². The van der Waals surface area contributed by atoms with E-state index < -0.39 is 0 Å². The van der Waals surface area contributed by atoms with Crippen molar-refractivity contribution < 1.29 is 4.42 Å². The van der Waals surface area contributed by atoms with Crippen molar-refractivity contribution in [3.05, 3.63) is 192 Å². The highest BCUT2D eigenvalue weighted by molar-refractivity contribution is 6.17. The lowest BCUT2D eigenvalue weighted by molar-refractivity contribution is 0.614. The summed E-state index contributed by atoms with van der Waals surface area (Å²) in [5.74, 6) is 0.110. The molecule has 2 aliphatic carbocycles. The summed E-state index contributed by atoms with van der Waals surface area (Å²) in [7, 11) is 0. The molecule has 55 heavy (non-hydrogen) atoms. The van der Waals surface area contributed by atoms with Gasteiger partial charge in [0.15, 0.2) is 0 Å². The van der Waals surface area contributed by atoms with Crippen LogP contribution in [0, 0.1) is 0 Å². The van der Waals surface area contributed by atoms with Crippen LogP contribution >= 0.6 is 0 Å². The molecule has 0 fully saturated rings. The van der Waals surface area contributed by atoms with Gasteiger partial charge in [0.2, 0.25) is 0 Å². The van der Waals surface area contributed by atoms with Crippen LogP contribution in [0.3, 0.4) is 0 Å². The maximum Gasteiger partial charge on any atom is 0.145 e. The molecule has 2 heterocycles. The molecule has 0 aliphatic heterocycles. The van der Waals surface area contributed by atoms with E-state index in [4.69, 9.17) is 4.42 Å². The second-order valence-electron chi connectivity index (χ2n) is 15.7. The number of nitrogens with zero attached hydrogens (tertiary/aromatic N) is 2. The molecule has 2 aliphatic rings. The molecule has 0 radical (unpaired) electrons. The van der Waals surface area contributed by atoms with Gasteiger partial charge in [-0.15, -0.1) is 0 Å². The van der Waals surface area contributed by atoms with E-state index in [9.17, 15) is 0 Å². The zero-order valence-electron chi connectivity index (χ0n) is 31.2. The van der Waals surface area contributed by atoms with Crippen LogP contribution in [0.2, 0.25) is 0 Å². The first kappa shape index (κ1) is 31.9. The number of furan rings is 1. The van der Waals surface area contributed by atoms with E-state index in [1.54, 1.807) is 0 Å². The minimum absolute atomic E-state index is 0.0259. The molecule has 264 valence electrons. The second-order valence-corrected chi connectivity index (χ2v) is 15.7. The largest absolute Gasteiger partial charge is 0.455 e. The molecule has 0 saturated heterocycles. The lowest BCUT2D eigenvalue weighted by Gasteiger charge is -2.39. The van der Waals surface area contributed by atoms with Crippen molar-refractivity contribution in [2.24, 2.45) is 0 Å². The maximum absolute atomic E-state index is 6.71. The van der Waals surface area contributed by atoms with Crippen molar-refractivity contribution in [2.75, 3.05) is 4.90 Å². The van der Waals surface area contributed by atoms with E-state index in [2.05, 4.69) is 206 Å². The van der Waals surface area contributed by atoms with Gasteiger partial charge in [0, 0.05) is 50.4 Å². The van der Waals surface area contributed by atoms with Gasteiger partial charge in [0.1, 0.15) is 11.2 Å². The highest BCUT2D eigenvalue weighted by Crippen LogP contribution is 2.52. The van der Waals surface area contributed by atoms with Crippen LogP contribution in [0.25, 0.3) is 66.9 Å². The molecule has 3 nitrogen and oxygen atoms in total. The Morgan fingerprint density at radius 1 is 0.600 bits per heavy atom. The third kappa shape index (κ3) is 4.69. The Morgan fingerprint density at radius 2 is 1.27 bits per heavy atom. The molecule has 9 aromatic rings. The Morgan fingerprint density at radius 3 is 2.09 bits per heavy atom. The quantitative estimate of drug-likeness (QED) is 0.177. The number of anilines is 2. The number of fused-ring (bicyclic) bond motifs is 10. The second kappa shape index (κ2) is 12.0. The zero-order valence-corrected chi connectivity index (χ0v) is 31.2. The fourth-order valence-corrected chi connectivity index (χ4v) is 9.69. The Kier molecular flexibility index (Phi) is 6.94. The number of para-hydroxylation sites is 2. The van der Waals surface area contributed by atoms with Gasteiger partial charge in [0.05, 0.1) is 16.9 Å². The Bertz CT molecular complexity index is 2960. The minimum atomic E-state index is -0.107. The molecular formula is C52H40N2O. The highest BCUT2D eigenvalue weighted by Gasteiger charge is 2.38. The average molecular weight is 709 g/mol. The summed E-state index contributed by atoms with van der Waals surface area (Å²) in [6.45, 7) is 7.14. The van der Waals surface area contributed by atoms with E-state index >= 15 is 0 Å². The number of aromatic nitrogens is 1. The van der Waals surface area contributed by atoms with Gasteiger partial charge in [0.25, 0.3) is 0 Å². The number of benzene rings is 7. The topological polar surface area (TPSA) is 21.3 Å². The molecule has 0 saturated carbocycles.